The van der Waals surface area contributed by atoms with Crippen molar-refractivity contribution in [2.45, 2.75) is 38.5 Å². The largest absolute Gasteiger partial charge is 0.355 e. The third-order valence-electron chi connectivity index (χ3n) is 2.27. The smallest absolute Gasteiger partial charge is 0.237 e. The van der Waals surface area contributed by atoms with Gasteiger partial charge in [0.25, 0.3) is 0 Å². The van der Waals surface area contributed by atoms with Crippen LogP contribution in [0.1, 0.15) is 27.2 Å². The zero-order valence-corrected chi connectivity index (χ0v) is 10.4. The highest BCUT2D eigenvalue weighted by atomic mass is 32.2. The van der Waals surface area contributed by atoms with Crippen molar-refractivity contribution in [3.05, 3.63) is 0 Å². The van der Waals surface area contributed by atoms with Gasteiger partial charge in [-0.3, -0.25) is 4.79 Å². The molecule has 3 N–H and O–H groups in total. The van der Waals surface area contributed by atoms with Gasteiger partial charge in [-0.05, 0) is 18.6 Å². The summed E-state index contributed by atoms with van der Waals surface area (Å²) in [5, 5.41) is 3.44. The van der Waals surface area contributed by atoms with Gasteiger partial charge in [0, 0.05) is 11.8 Å². The minimum atomic E-state index is -0.375. The maximum Gasteiger partial charge on any atom is 0.237 e. The molecule has 84 valence electrons. The number of amides is 1. The first-order valence-electron chi connectivity index (χ1n) is 5.05. The number of rotatable bonds is 6. The summed E-state index contributed by atoms with van der Waals surface area (Å²) in [6.07, 6.45) is 3.07. The monoisotopic (exact) mass is 218 g/mol. The van der Waals surface area contributed by atoms with Gasteiger partial charge in [0.05, 0.1) is 6.04 Å². The fourth-order valence-corrected chi connectivity index (χ4v) is 1.29. The Balaban J connectivity index is 3.64. The fraction of sp³-hybridized carbons (Fsp3) is 0.900. The van der Waals surface area contributed by atoms with Crippen LogP contribution < -0.4 is 11.1 Å². The molecule has 0 bridgehead atoms. The molecule has 2 atom stereocenters. The molecule has 0 rings (SSSR count). The quantitative estimate of drug-likeness (QED) is 0.705. The molecule has 0 saturated heterocycles. The van der Waals surface area contributed by atoms with Gasteiger partial charge >= 0.3 is 0 Å². The van der Waals surface area contributed by atoms with Gasteiger partial charge < -0.3 is 11.1 Å². The van der Waals surface area contributed by atoms with Crippen molar-refractivity contribution in [3.8, 4) is 0 Å². The average Bonchev–Trinajstić information content (AvgIpc) is 2.15. The van der Waals surface area contributed by atoms with E-state index in [9.17, 15) is 4.79 Å². The van der Waals surface area contributed by atoms with Crippen molar-refractivity contribution in [3.63, 3.8) is 0 Å². The van der Waals surface area contributed by atoms with Crippen LogP contribution in [0.25, 0.3) is 0 Å². The maximum absolute atomic E-state index is 11.4. The Bertz CT molecular complexity index is 174. The van der Waals surface area contributed by atoms with Crippen LogP contribution in [0, 0.1) is 5.92 Å². The summed E-state index contributed by atoms with van der Waals surface area (Å²) in [7, 11) is 0. The Labute approximate surface area is 91.2 Å². The topological polar surface area (TPSA) is 55.1 Å². The van der Waals surface area contributed by atoms with E-state index in [1.165, 1.54) is 0 Å². The van der Waals surface area contributed by atoms with Crippen LogP contribution in [0.2, 0.25) is 0 Å². The molecule has 0 radical (unpaired) electrons. The van der Waals surface area contributed by atoms with Gasteiger partial charge in [0.15, 0.2) is 0 Å². The van der Waals surface area contributed by atoms with Gasteiger partial charge in [-0.1, -0.05) is 20.8 Å². The maximum atomic E-state index is 11.4. The van der Waals surface area contributed by atoms with Crippen LogP contribution in [0.15, 0.2) is 0 Å². The van der Waals surface area contributed by atoms with E-state index in [-0.39, 0.29) is 17.9 Å². The summed E-state index contributed by atoms with van der Waals surface area (Å²) >= 11 is 1.81. The van der Waals surface area contributed by atoms with Crippen molar-refractivity contribution >= 4 is 17.7 Å². The van der Waals surface area contributed by atoms with E-state index in [4.69, 9.17) is 5.73 Å². The van der Waals surface area contributed by atoms with Gasteiger partial charge in [0.2, 0.25) is 5.91 Å². The molecule has 0 fully saturated rings. The molecule has 14 heavy (non-hydrogen) atoms. The van der Waals surface area contributed by atoms with E-state index >= 15 is 0 Å². The number of carbonyl (C=O) groups excluding carboxylic acids is 1. The molecular formula is C10H22N2OS. The van der Waals surface area contributed by atoms with Crippen molar-refractivity contribution in [2.75, 3.05) is 12.8 Å². The number of hydrogen-bond acceptors (Lipinski definition) is 3. The lowest BCUT2D eigenvalue weighted by atomic mass is 10.1. The molecule has 0 saturated carbocycles. The van der Waals surface area contributed by atoms with Crippen LogP contribution in [-0.2, 0) is 4.79 Å². The van der Waals surface area contributed by atoms with Crippen molar-refractivity contribution in [1.29, 1.82) is 0 Å². The van der Waals surface area contributed by atoms with E-state index in [1.807, 2.05) is 25.6 Å². The number of nitrogens with two attached hydrogens (primary N) is 1. The molecule has 3 nitrogen and oxygen atoms in total. The van der Waals surface area contributed by atoms with Crippen molar-refractivity contribution < 1.29 is 4.79 Å². The van der Waals surface area contributed by atoms with Gasteiger partial charge in [-0.15, -0.1) is 0 Å². The molecule has 0 aromatic carbocycles. The zero-order valence-electron chi connectivity index (χ0n) is 9.54. The Kier molecular flexibility index (Phi) is 7.01. The SMILES string of the molecule is CSC(C)CCNC(=O)[C@H](N)C(C)C. The number of carbonyl (C=O) groups is 1. The summed E-state index contributed by atoms with van der Waals surface area (Å²) in [5.74, 6) is 0.168. The normalized spacial score (nSPS) is 15.3. The predicted octanol–water partition coefficient (Wildman–Crippen LogP) is 1.23. The molecule has 0 heterocycles. The second-order valence-corrected chi connectivity index (χ2v) is 5.17. The second-order valence-electron chi connectivity index (χ2n) is 3.90. The third kappa shape index (κ3) is 5.50. The molecule has 0 aromatic rings. The summed E-state index contributed by atoms with van der Waals surface area (Å²) in [4.78, 5) is 11.4. The molecule has 0 aromatic heterocycles. The van der Waals surface area contributed by atoms with Gasteiger partial charge in [0.1, 0.15) is 0 Å². The van der Waals surface area contributed by atoms with Crippen LogP contribution >= 0.6 is 11.8 Å². The minimum absolute atomic E-state index is 0.0340. The molecule has 0 aliphatic carbocycles. The Morgan fingerprint density at radius 1 is 1.43 bits per heavy atom. The Morgan fingerprint density at radius 3 is 2.43 bits per heavy atom. The van der Waals surface area contributed by atoms with Gasteiger partial charge in [-0.25, -0.2) is 0 Å². The third-order valence-corrected chi connectivity index (χ3v) is 3.31. The minimum Gasteiger partial charge on any atom is -0.355 e. The molecule has 0 spiro atoms. The van der Waals surface area contributed by atoms with Crippen LogP contribution in [0.3, 0.4) is 0 Å². The molecule has 0 aliphatic rings. The van der Waals surface area contributed by atoms with Crippen molar-refractivity contribution in [1.82, 2.24) is 5.32 Å². The first-order chi connectivity index (χ1) is 6.49. The highest BCUT2D eigenvalue weighted by Crippen LogP contribution is 2.08. The summed E-state index contributed by atoms with van der Waals surface area (Å²) in [6, 6.07) is -0.375. The first kappa shape index (κ1) is 13.8. The highest BCUT2D eigenvalue weighted by molar-refractivity contribution is 7.99. The Hall–Kier alpha value is -0.220. The lowest BCUT2D eigenvalue weighted by Crippen LogP contribution is -2.44. The number of nitrogens with one attached hydrogen (secondary N) is 1. The predicted molar refractivity (Wildman–Crippen MR) is 63.4 cm³/mol. The van der Waals surface area contributed by atoms with Crippen LogP contribution in [-0.4, -0.2) is 30.0 Å². The average molecular weight is 218 g/mol. The number of hydrogen-bond donors (Lipinski definition) is 2. The number of thioether (sulfide) groups is 1. The molecule has 1 unspecified atom stereocenters. The second kappa shape index (κ2) is 7.12. The molecule has 4 heteroatoms. The van der Waals surface area contributed by atoms with Crippen LogP contribution in [0.5, 0.6) is 0 Å². The molecule has 1 amide bonds. The standard InChI is InChI=1S/C10H22N2OS/c1-7(2)9(11)10(13)12-6-5-8(3)14-4/h7-9H,5-6,11H2,1-4H3,(H,12,13)/t8?,9-/m1/s1. The van der Waals surface area contributed by atoms with Crippen LogP contribution in [0.4, 0.5) is 0 Å². The Morgan fingerprint density at radius 2 is 2.00 bits per heavy atom. The van der Waals surface area contributed by atoms with E-state index < -0.39 is 0 Å². The van der Waals surface area contributed by atoms with Gasteiger partial charge in [-0.2, -0.15) is 11.8 Å². The van der Waals surface area contributed by atoms with Crippen molar-refractivity contribution in [2.24, 2.45) is 11.7 Å². The van der Waals surface area contributed by atoms with E-state index in [2.05, 4.69) is 18.5 Å². The van der Waals surface area contributed by atoms with E-state index in [0.29, 0.717) is 5.25 Å². The highest BCUT2D eigenvalue weighted by Gasteiger charge is 2.16. The summed E-state index contributed by atoms with van der Waals surface area (Å²) < 4.78 is 0. The first-order valence-corrected chi connectivity index (χ1v) is 6.34. The molecule has 0 aliphatic heterocycles. The van der Waals surface area contributed by atoms with E-state index in [1.54, 1.807) is 0 Å². The fourth-order valence-electron chi connectivity index (χ4n) is 0.937. The molecular weight excluding hydrogens is 196 g/mol. The van der Waals surface area contributed by atoms with E-state index in [0.717, 1.165) is 13.0 Å². The summed E-state index contributed by atoms with van der Waals surface area (Å²) in [5.41, 5.74) is 5.69. The lowest BCUT2D eigenvalue weighted by Gasteiger charge is -2.16. The lowest BCUT2D eigenvalue weighted by molar-refractivity contribution is -0.123. The zero-order chi connectivity index (χ0) is 11.1. The summed E-state index contributed by atoms with van der Waals surface area (Å²) in [6.45, 7) is 6.78.